The molecule has 1 fully saturated rings. The monoisotopic (exact) mass is 237 g/mol. The first kappa shape index (κ1) is 11.6. The fourth-order valence-corrected chi connectivity index (χ4v) is 2.23. The second-order valence-electron chi connectivity index (χ2n) is 4.21. The van der Waals surface area contributed by atoms with Crippen LogP contribution < -0.4 is 5.32 Å². The van der Waals surface area contributed by atoms with Gasteiger partial charge >= 0.3 is 5.97 Å². The second-order valence-corrected chi connectivity index (χ2v) is 4.21. The Morgan fingerprint density at radius 3 is 3.12 bits per heavy atom. The summed E-state index contributed by atoms with van der Waals surface area (Å²) in [6, 6.07) is -0.838. The molecule has 0 saturated carbocycles. The molecule has 17 heavy (non-hydrogen) atoms. The zero-order chi connectivity index (χ0) is 12.4. The minimum atomic E-state index is -0.995. The van der Waals surface area contributed by atoms with Crippen molar-refractivity contribution in [2.24, 2.45) is 0 Å². The van der Waals surface area contributed by atoms with Crippen LogP contribution >= 0.6 is 0 Å². The highest BCUT2D eigenvalue weighted by Gasteiger charge is 2.39. The number of carbonyl (C=O) groups excluding carboxylic acids is 1. The summed E-state index contributed by atoms with van der Waals surface area (Å²) >= 11 is 0. The molecular formula is C11H15N3O3. The van der Waals surface area contributed by atoms with Crippen LogP contribution in [0.4, 0.5) is 0 Å². The van der Waals surface area contributed by atoms with Crippen LogP contribution in [0.25, 0.3) is 0 Å². The number of aromatic nitrogens is 2. The van der Waals surface area contributed by atoms with Crippen molar-refractivity contribution in [2.75, 3.05) is 0 Å². The van der Waals surface area contributed by atoms with E-state index in [1.165, 1.54) is 0 Å². The molecule has 0 bridgehead atoms. The molecule has 2 heterocycles. The zero-order valence-corrected chi connectivity index (χ0v) is 9.59. The Morgan fingerprint density at radius 1 is 1.71 bits per heavy atom. The summed E-state index contributed by atoms with van der Waals surface area (Å²) < 4.78 is 1.92. The summed E-state index contributed by atoms with van der Waals surface area (Å²) in [6.45, 7) is 2.82. The van der Waals surface area contributed by atoms with Crippen molar-refractivity contribution >= 4 is 11.9 Å². The van der Waals surface area contributed by atoms with Crippen molar-refractivity contribution in [1.29, 1.82) is 0 Å². The summed E-state index contributed by atoms with van der Waals surface area (Å²) in [5, 5.41) is 11.6. The van der Waals surface area contributed by atoms with Crippen LogP contribution in [0, 0.1) is 0 Å². The number of amides is 1. The molecule has 1 aliphatic heterocycles. The first-order valence-corrected chi connectivity index (χ1v) is 5.65. The molecule has 1 amide bonds. The van der Waals surface area contributed by atoms with Crippen LogP contribution in [0.15, 0.2) is 12.5 Å². The molecule has 6 heteroatoms. The van der Waals surface area contributed by atoms with E-state index < -0.39 is 12.0 Å². The zero-order valence-electron chi connectivity index (χ0n) is 9.59. The molecule has 1 aliphatic rings. The van der Waals surface area contributed by atoms with Gasteiger partial charge in [0.05, 0.1) is 6.33 Å². The lowest BCUT2D eigenvalue weighted by molar-refractivity contribution is -0.140. The largest absolute Gasteiger partial charge is 0.480 e. The Bertz CT molecular complexity index is 441. The van der Waals surface area contributed by atoms with E-state index in [2.05, 4.69) is 10.3 Å². The lowest BCUT2D eigenvalue weighted by Gasteiger charge is -2.16. The number of hydrogen-bond acceptors (Lipinski definition) is 3. The molecule has 1 aromatic rings. The lowest BCUT2D eigenvalue weighted by Crippen LogP contribution is -2.36. The topological polar surface area (TPSA) is 84.2 Å². The van der Waals surface area contributed by atoms with E-state index in [1.54, 1.807) is 12.5 Å². The number of carboxylic acids is 1. The highest BCUT2D eigenvalue weighted by molar-refractivity contribution is 5.89. The summed E-state index contributed by atoms with van der Waals surface area (Å²) in [6.07, 6.45) is 4.48. The molecule has 2 unspecified atom stereocenters. The van der Waals surface area contributed by atoms with E-state index in [-0.39, 0.29) is 18.2 Å². The maximum Gasteiger partial charge on any atom is 0.326 e. The van der Waals surface area contributed by atoms with Crippen molar-refractivity contribution in [3.63, 3.8) is 0 Å². The normalized spacial score (nSPS) is 23.7. The highest BCUT2D eigenvalue weighted by Crippen LogP contribution is 2.28. The second kappa shape index (κ2) is 4.57. The van der Waals surface area contributed by atoms with Gasteiger partial charge in [-0.25, -0.2) is 9.78 Å². The van der Waals surface area contributed by atoms with Gasteiger partial charge < -0.3 is 15.0 Å². The van der Waals surface area contributed by atoms with Gasteiger partial charge in [0.25, 0.3) is 0 Å². The molecule has 0 aromatic carbocycles. The lowest BCUT2D eigenvalue weighted by atomic mass is 9.97. The van der Waals surface area contributed by atoms with Gasteiger partial charge in [0, 0.05) is 30.8 Å². The Morgan fingerprint density at radius 2 is 2.47 bits per heavy atom. The molecule has 1 aromatic heterocycles. The summed E-state index contributed by atoms with van der Waals surface area (Å²) in [7, 11) is 0. The minimum absolute atomic E-state index is 0.215. The van der Waals surface area contributed by atoms with E-state index >= 15 is 0 Å². The fraction of sp³-hybridized carbons (Fsp3) is 0.545. The third-order valence-corrected chi connectivity index (χ3v) is 2.98. The van der Waals surface area contributed by atoms with Gasteiger partial charge in [-0.05, 0) is 6.42 Å². The Kier molecular flexibility index (Phi) is 3.12. The van der Waals surface area contributed by atoms with E-state index in [1.807, 2.05) is 11.5 Å². The van der Waals surface area contributed by atoms with Crippen molar-refractivity contribution in [3.8, 4) is 0 Å². The Hall–Kier alpha value is -1.85. The van der Waals surface area contributed by atoms with E-state index in [4.69, 9.17) is 5.11 Å². The SMILES string of the molecule is CCCn1cncc1C1CC(=O)NC1C(=O)O. The molecule has 0 radical (unpaired) electrons. The molecule has 0 spiro atoms. The predicted molar refractivity (Wildman–Crippen MR) is 59.4 cm³/mol. The number of rotatable bonds is 4. The van der Waals surface area contributed by atoms with Gasteiger partial charge in [0.1, 0.15) is 6.04 Å². The van der Waals surface area contributed by atoms with Crippen LogP contribution in [-0.4, -0.2) is 32.6 Å². The van der Waals surface area contributed by atoms with E-state index in [0.29, 0.717) is 0 Å². The molecule has 0 aliphatic carbocycles. The number of carbonyl (C=O) groups is 2. The number of nitrogens with zero attached hydrogens (tertiary/aromatic N) is 2. The number of aryl methyl sites for hydroxylation is 1. The summed E-state index contributed by atoms with van der Waals surface area (Å²) in [5.41, 5.74) is 0.817. The van der Waals surface area contributed by atoms with Gasteiger partial charge in [-0.2, -0.15) is 0 Å². The molecule has 92 valence electrons. The Labute approximate surface area is 98.7 Å². The molecule has 2 N–H and O–H groups in total. The van der Waals surface area contributed by atoms with Crippen LogP contribution in [0.1, 0.15) is 31.4 Å². The summed E-state index contributed by atoms with van der Waals surface area (Å²) in [4.78, 5) is 26.4. The number of imidazole rings is 1. The Balaban J connectivity index is 2.28. The fourth-order valence-electron chi connectivity index (χ4n) is 2.23. The average Bonchev–Trinajstić information content (AvgIpc) is 2.84. The number of hydrogen-bond donors (Lipinski definition) is 2. The van der Waals surface area contributed by atoms with Crippen LogP contribution in [-0.2, 0) is 16.1 Å². The maximum atomic E-state index is 11.3. The van der Waals surface area contributed by atoms with Crippen molar-refractivity contribution < 1.29 is 14.7 Å². The smallest absolute Gasteiger partial charge is 0.326 e. The van der Waals surface area contributed by atoms with Crippen LogP contribution in [0.2, 0.25) is 0 Å². The molecule has 6 nitrogen and oxygen atoms in total. The number of nitrogens with one attached hydrogen (secondary N) is 1. The first-order valence-electron chi connectivity index (χ1n) is 5.65. The standard InChI is InChI=1S/C11H15N3O3/c1-2-3-14-6-12-5-8(14)7-4-9(15)13-10(7)11(16)17/h5-7,10H,2-4H2,1H3,(H,13,15)(H,16,17). The predicted octanol–water partition coefficient (Wildman–Crippen LogP) is 0.350. The first-order chi connectivity index (χ1) is 8.13. The average molecular weight is 237 g/mol. The van der Waals surface area contributed by atoms with Crippen molar-refractivity contribution in [3.05, 3.63) is 18.2 Å². The molecular weight excluding hydrogens is 222 g/mol. The maximum absolute atomic E-state index is 11.3. The van der Waals surface area contributed by atoms with E-state index in [0.717, 1.165) is 18.7 Å². The molecule has 1 saturated heterocycles. The molecule has 2 rings (SSSR count). The number of carboxylic acid groups (broad SMARTS) is 1. The highest BCUT2D eigenvalue weighted by atomic mass is 16.4. The van der Waals surface area contributed by atoms with Crippen LogP contribution in [0.3, 0.4) is 0 Å². The van der Waals surface area contributed by atoms with Gasteiger partial charge in [-0.15, -0.1) is 0 Å². The number of aliphatic carboxylic acids is 1. The van der Waals surface area contributed by atoms with Gasteiger partial charge in [0.2, 0.25) is 5.91 Å². The quantitative estimate of drug-likeness (QED) is 0.791. The van der Waals surface area contributed by atoms with E-state index in [9.17, 15) is 9.59 Å². The third kappa shape index (κ3) is 2.15. The van der Waals surface area contributed by atoms with Gasteiger partial charge in [-0.1, -0.05) is 6.92 Å². The van der Waals surface area contributed by atoms with Gasteiger partial charge in [-0.3, -0.25) is 4.79 Å². The third-order valence-electron chi connectivity index (χ3n) is 2.98. The summed E-state index contributed by atoms with van der Waals surface area (Å²) in [5.74, 6) is -1.54. The van der Waals surface area contributed by atoms with Gasteiger partial charge in [0.15, 0.2) is 0 Å². The van der Waals surface area contributed by atoms with Crippen LogP contribution in [0.5, 0.6) is 0 Å². The molecule has 2 atom stereocenters. The minimum Gasteiger partial charge on any atom is -0.480 e. The van der Waals surface area contributed by atoms with Crippen molar-refractivity contribution in [2.45, 2.75) is 38.3 Å². The van der Waals surface area contributed by atoms with Crippen molar-refractivity contribution in [1.82, 2.24) is 14.9 Å².